The maximum absolute atomic E-state index is 13.3. The van der Waals surface area contributed by atoms with Gasteiger partial charge in [-0.1, -0.05) is 18.2 Å². The minimum Gasteiger partial charge on any atom is -0.382 e. The van der Waals surface area contributed by atoms with Crippen molar-refractivity contribution in [1.29, 1.82) is 0 Å². The number of hydrogen-bond acceptors (Lipinski definition) is 10. The van der Waals surface area contributed by atoms with Crippen LogP contribution in [0.5, 0.6) is 0 Å². The van der Waals surface area contributed by atoms with E-state index >= 15 is 0 Å². The summed E-state index contributed by atoms with van der Waals surface area (Å²) in [7, 11) is -6.90. The summed E-state index contributed by atoms with van der Waals surface area (Å²) < 4.78 is 52.2. The van der Waals surface area contributed by atoms with E-state index < -0.39 is 34.9 Å². The lowest BCUT2D eigenvalue weighted by Crippen LogP contribution is -2.52. The normalized spacial score (nSPS) is 16.2. The zero-order valence-corrected chi connectivity index (χ0v) is 19.1. The number of amidine groups is 1. The van der Waals surface area contributed by atoms with Crippen LogP contribution >= 0.6 is 0 Å². The first-order valence-corrected chi connectivity index (χ1v) is 12.7. The molecule has 10 N–H and O–H groups in total. The van der Waals surface area contributed by atoms with Crippen LogP contribution in [0.3, 0.4) is 0 Å². The van der Waals surface area contributed by atoms with Crippen molar-refractivity contribution in [3.63, 3.8) is 0 Å². The number of sulfonamides is 1. The van der Waals surface area contributed by atoms with Gasteiger partial charge in [-0.3, -0.25) is 0 Å². The van der Waals surface area contributed by atoms with E-state index in [0.29, 0.717) is 16.6 Å². The summed E-state index contributed by atoms with van der Waals surface area (Å²) in [5, 5.41) is 8.44. The van der Waals surface area contributed by atoms with Gasteiger partial charge in [0.25, 0.3) is 0 Å². The third-order valence-electron chi connectivity index (χ3n) is 5.44. The first kappa shape index (κ1) is 22.9. The Morgan fingerprint density at radius 2 is 1.88 bits per heavy atom. The number of nitrogen functional groups attached to an aromatic ring is 1. The van der Waals surface area contributed by atoms with Crippen LogP contribution in [-0.4, -0.2) is 62.9 Å². The fraction of sp³-hybridized carbons (Fsp3) is 0.222. The van der Waals surface area contributed by atoms with Crippen LogP contribution in [0.15, 0.2) is 45.2 Å². The largest absolute Gasteiger partial charge is 0.382 e. The molecule has 0 saturated carbocycles. The maximum Gasteiger partial charge on any atom is 0.240 e. The fourth-order valence-electron chi connectivity index (χ4n) is 3.96. The number of fused-ring (bicyclic) bond motifs is 1. The van der Waals surface area contributed by atoms with Crippen molar-refractivity contribution in [3.05, 3.63) is 35.9 Å². The number of anilines is 1. The van der Waals surface area contributed by atoms with Crippen LogP contribution < -0.4 is 28.0 Å². The van der Waals surface area contributed by atoms with Gasteiger partial charge in [0.15, 0.2) is 21.6 Å². The molecule has 0 aliphatic carbocycles. The van der Waals surface area contributed by atoms with Crippen molar-refractivity contribution in [2.75, 3.05) is 25.9 Å². The lowest BCUT2D eigenvalue weighted by Gasteiger charge is -2.36. The van der Waals surface area contributed by atoms with Crippen LogP contribution in [0, 0.1) is 0 Å². The Balaban J connectivity index is 2.11. The molecule has 0 atom stereocenters. The highest BCUT2D eigenvalue weighted by molar-refractivity contribution is 7.94. The van der Waals surface area contributed by atoms with E-state index in [-0.39, 0.29) is 36.0 Å². The summed E-state index contributed by atoms with van der Waals surface area (Å²) in [5.74, 6) is 5.04. The minimum atomic E-state index is -4.60. The number of nitrogens with one attached hydrogen (secondary N) is 2. The quantitative estimate of drug-likeness (QED) is 0.102. The Morgan fingerprint density at radius 1 is 1.18 bits per heavy atom. The molecule has 1 aliphatic rings. The number of nitrogens with zero attached hydrogens (tertiary/aromatic N) is 3. The van der Waals surface area contributed by atoms with E-state index in [9.17, 15) is 16.8 Å². The van der Waals surface area contributed by atoms with Gasteiger partial charge < -0.3 is 21.4 Å². The zero-order valence-electron chi connectivity index (χ0n) is 17.5. The van der Waals surface area contributed by atoms with E-state index in [4.69, 9.17) is 22.4 Å². The highest BCUT2D eigenvalue weighted by Gasteiger charge is 2.40. The molecule has 1 fully saturated rings. The summed E-state index contributed by atoms with van der Waals surface area (Å²) in [6.45, 7) is 0.506. The summed E-state index contributed by atoms with van der Waals surface area (Å²) >= 11 is 0. The van der Waals surface area contributed by atoms with Crippen LogP contribution in [0.25, 0.3) is 22.2 Å². The van der Waals surface area contributed by atoms with Gasteiger partial charge in [0, 0.05) is 24.2 Å². The third-order valence-corrected chi connectivity index (χ3v) is 8.70. The zero-order chi connectivity index (χ0) is 24.1. The molecule has 33 heavy (non-hydrogen) atoms. The number of para-hydroxylation sites is 1. The van der Waals surface area contributed by atoms with Crippen molar-refractivity contribution < 1.29 is 16.8 Å². The van der Waals surface area contributed by atoms with Gasteiger partial charge in [0.1, 0.15) is 4.90 Å². The van der Waals surface area contributed by atoms with Gasteiger partial charge >= 0.3 is 0 Å². The summed E-state index contributed by atoms with van der Waals surface area (Å²) in [6, 6.07) is 7.74. The van der Waals surface area contributed by atoms with Crippen molar-refractivity contribution in [2.24, 2.45) is 21.8 Å². The van der Waals surface area contributed by atoms with Gasteiger partial charge in [-0.05, 0) is 24.7 Å². The number of likely N-dealkylation sites (tertiary alicyclic amines) is 1. The van der Waals surface area contributed by atoms with E-state index in [1.165, 1.54) is 12.1 Å². The number of H-pyrrole nitrogens is 1. The second-order valence-electron chi connectivity index (χ2n) is 7.70. The third kappa shape index (κ3) is 3.89. The van der Waals surface area contributed by atoms with Gasteiger partial charge in [-0.15, -0.1) is 5.10 Å². The first-order valence-electron chi connectivity index (χ1n) is 9.61. The van der Waals surface area contributed by atoms with Crippen LogP contribution in [-0.2, 0) is 19.9 Å². The average Bonchev–Trinajstić information content (AvgIpc) is 3.10. The Labute approximate surface area is 189 Å². The van der Waals surface area contributed by atoms with Crippen molar-refractivity contribution >= 4 is 42.7 Å². The summed E-state index contributed by atoms with van der Waals surface area (Å²) in [6.07, 6.45) is 0. The minimum absolute atomic E-state index is 0.143. The molecule has 4 rings (SSSR count). The monoisotopic (exact) mass is 493 g/mol. The molecule has 0 radical (unpaired) electrons. The number of hydrazine groups is 1. The second-order valence-corrected chi connectivity index (χ2v) is 11.4. The molecular weight excluding hydrogens is 470 g/mol. The number of hydrogen-bond donors (Lipinski definition) is 6. The number of sulfone groups is 1. The number of nitrogens with two attached hydrogens (primary N) is 4. The Hall–Kier alpha value is -3.24. The summed E-state index contributed by atoms with van der Waals surface area (Å²) in [5.41, 5.74) is 15.3. The molecule has 15 heteroatoms. The molecule has 0 amide bonds. The lowest BCUT2D eigenvalue weighted by molar-refractivity contribution is 0.231. The predicted octanol–water partition coefficient (Wildman–Crippen LogP) is -1.37. The molecule has 2 aromatic carbocycles. The molecular formula is C18H23N9O4S2. The second kappa shape index (κ2) is 7.96. The highest BCUT2D eigenvalue weighted by Crippen LogP contribution is 2.38. The highest BCUT2D eigenvalue weighted by atomic mass is 32.2. The fourth-order valence-corrected chi connectivity index (χ4v) is 7.38. The number of primary sulfonamides is 1. The van der Waals surface area contributed by atoms with Crippen molar-refractivity contribution in [2.45, 2.75) is 15.0 Å². The first-order chi connectivity index (χ1) is 15.4. The predicted molar refractivity (Wildman–Crippen MR) is 124 cm³/mol. The van der Waals surface area contributed by atoms with E-state index in [0.717, 1.165) is 0 Å². The molecule has 1 aromatic heterocycles. The van der Waals surface area contributed by atoms with Crippen LogP contribution in [0.1, 0.15) is 5.56 Å². The SMILES string of the molecule is CN1CC(S(=O)(=O)c2ccc(-c3cccc4[nH]c(N)nc34)c(/C(N)=N/NN)c2S(N)(=O)=O)C1. The Morgan fingerprint density at radius 3 is 2.48 bits per heavy atom. The van der Waals surface area contributed by atoms with Crippen LogP contribution in [0.2, 0.25) is 0 Å². The van der Waals surface area contributed by atoms with Gasteiger partial charge in [-0.2, -0.15) is 0 Å². The number of hydrazone groups is 1. The van der Waals surface area contributed by atoms with E-state index in [1.807, 2.05) is 5.53 Å². The molecule has 176 valence electrons. The molecule has 0 unspecified atom stereocenters. The maximum atomic E-state index is 13.3. The molecule has 0 spiro atoms. The molecule has 1 saturated heterocycles. The van der Waals surface area contributed by atoms with Gasteiger partial charge in [0.2, 0.25) is 10.0 Å². The number of aromatic amines is 1. The number of aromatic nitrogens is 2. The lowest BCUT2D eigenvalue weighted by atomic mass is 9.97. The molecule has 2 heterocycles. The van der Waals surface area contributed by atoms with Gasteiger partial charge in [0.05, 0.1) is 21.2 Å². The molecule has 13 nitrogen and oxygen atoms in total. The van der Waals surface area contributed by atoms with Crippen molar-refractivity contribution in [1.82, 2.24) is 20.4 Å². The smallest absolute Gasteiger partial charge is 0.240 e. The van der Waals surface area contributed by atoms with E-state index in [1.54, 1.807) is 30.1 Å². The Bertz CT molecular complexity index is 1490. The summed E-state index contributed by atoms with van der Waals surface area (Å²) in [4.78, 5) is 7.82. The number of benzene rings is 2. The van der Waals surface area contributed by atoms with Crippen LogP contribution in [0.4, 0.5) is 5.95 Å². The molecule has 1 aliphatic heterocycles. The molecule has 3 aromatic rings. The molecule has 0 bridgehead atoms. The van der Waals surface area contributed by atoms with Gasteiger partial charge in [-0.25, -0.2) is 38.3 Å². The number of rotatable bonds is 6. The standard InChI is InChI=1S/C18H23N9O4S2/c1-27-7-9(8-27)32(28,29)13-6-5-10(11-3-2-4-12-15(11)24-18(20)23-12)14(17(19)25-26-21)16(13)33(22,30)31/h2-6,9,26H,7-8,21H2,1H3,(H2,19,25)(H3,20,23,24)(H2,22,30,31). The van der Waals surface area contributed by atoms with E-state index in [2.05, 4.69) is 15.1 Å². The average molecular weight is 494 g/mol. The number of imidazole rings is 1. The van der Waals surface area contributed by atoms with Crippen molar-refractivity contribution in [3.8, 4) is 11.1 Å². The Kier molecular flexibility index (Phi) is 5.53. The topological polar surface area (TPSA) is 229 Å².